The molecule has 152 valence electrons. The van der Waals surface area contributed by atoms with Gasteiger partial charge in [-0.2, -0.15) is 0 Å². The maximum Gasteiger partial charge on any atom is 0.235 e. The Labute approximate surface area is 178 Å². The minimum Gasteiger partial charge on any atom is -0.387 e. The van der Waals surface area contributed by atoms with Crippen molar-refractivity contribution in [3.63, 3.8) is 0 Å². The molecule has 3 rings (SSSR count). The molecule has 2 aromatic rings. The summed E-state index contributed by atoms with van der Waals surface area (Å²) in [5.74, 6) is -0.124. The molecule has 2 atom stereocenters. The lowest BCUT2D eigenvalue weighted by Crippen LogP contribution is -2.40. The maximum absolute atomic E-state index is 12.3. The summed E-state index contributed by atoms with van der Waals surface area (Å²) in [6.07, 6.45) is 6.22. The highest BCUT2D eigenvalue weighted by molar-refractivity contribution is 9.10. The number of hydrogen-bond acceptors (Lipinski definition) is 5. The first-order valence-electron chi connectivity index (χ1n) is 9.53. The molecule has 0 aliphatic carbocycles. The van der Waals surface area contributed by atoms with Crippen LogP contribution in [-0.2, 0) is 11.2 Å². The minimum absolute atomic E-state index is 0.117. The summed E-state index contributed by atoms with van der Waals surface area (Å²) in [6, 6.07) is 5.83. The van der Waals surface area contributed by atoms with Gasteiger partial charge in [0.15, 0.2) is 0 Å². The van der Waals surface area contributed by atoms with E-state index in [9.17, 15) is 9.90 Å². The number of nitrogens with one attached hydrogen (secondary N) is 1. The molecule has 1 aliphatic heterocycles. The number of halogens is 1. The van der Waals surface area contributed by atoms with Gasteiger partial charge < -0.3 is 5.11 Å². The lowest BCUT2D eigenvalue weighted by Gasteiger charge is -2.17. The van der Waals surface area contributed by atoms with Crippen LogP contribution in [0.25, 0.3) is 0 Å². The van der Waals surface area contributed by atoms with Crippen LogP contribution in [0.15, 0.2) is 45.1 Å². The Morgan fingerprint density at radius 1 is 1.28 bits per heavy atom. The van der Waals surface area contributed by atoms with Crippen molar-refractivity contribution in [1.82, 2.24) is 15.3 Å². The molecule has 0 aromatic carbocycles. The van der Waals surface area contributed by atoms with Gasteiger partial charge >= 0.3 is 0 Å². The molecule has 29 heavy (non-hydrogen) atoms. The number of pyridine rings is 2. The predicted octanol–water partition coefficient (Wildman–Crippen LogP) is 3.09. The summed E-state index contributed by atoms with van der Waals surface area (Å²) in [7, 11) is 0. The molecule has 1 aliphatic rings. The van der Waals surface area contributed by atoms with Gasteiger partial charge in [0, 0.05) is 35.3 Å². The number of aliphatic hydroxyl groups excluding tert-OH is 1. The smallest absolute Gasteiger partial charge is 0.235 e. The molecule has 0 saturated carbocycles. The van der Waals surface area contributed by atoms with Gasteiger partial charge in [-0.25, -0.2) is 4.99 Å². The molecule has 8 heteroatoms. The first-order chi connectivity index (χ1) is 13.9. The molecule has 0 radical (unpaired) electrons. The largest absolute Gasteiger partial charge is 0.387 e. The highest BCUT2D eigenvalue weighted by Gasteiger charge is 2.22. The number of nitrogens with zero attached hydrogens (tertiary/aromatic N) is 4. The average molecular weight is 458 g/mol. The van der Waals surface area contributed by atoms with Crippen LogP contribution in [0.1, 0.15) is 41.5 Å². The first-order valence-corrected chi connectivity index (χ1v) is 10.3. The van der Waals surface area contributed by atoms with Gasteiger partial charge in [0.2, 0.25) is 11.9 Å². The second-order valence-electron chi connectivity index (χ2n) is 7.10. The van der Waals surface area contributed by atoms with Crippen molar-refractivity contribution < 1.29 is 9.90 Å². The molecule has 1 amide bonds. The zero-order valence-electron chi connectivity index (χ0n) is 16.5. The number of carbonyl (C=O) groups excluding carboxylic acids is 1. The SMILES string of the molecule is Cc1ccc(CC2C=NC(=NCCCC(O)c3ncc(Br)cc3C)NC2=O)cn1. The zero-order valence-corrected chi connectivity index (χ0v) is 18.1. The van der Waals surface area contributed by atoms with Gasteiger partial charge in [-0.1, -0.05) is 6.07 Å². The van der Waals surface area contributed by atoms with Crippen molar-refractivity contribution in [1.29, 1.82) is 0 Å². The van der Waals surface area contributed by atoms with Crippen LogP contribution >= 0.6 is 15.9 Å². The van der Waals surface area contributed by atoms with E-state index in [1.165, 1.54) is 0 Å². The van der Waals surface area contributed by atoms with Crippen molar-refractivity contribution in [2.45, 2.75) is 39.2 Å². The average Bonchev–Trinajstić information content (AvgIpc) is 2.68. The van der Waals surface area contributed by atoms with Crippen LogP contribution in [0.5, 0.6) is 0 Å². The van der Waals surface area contributed by atoms with Crippen LogP contribution in [-0.4, -0.2) is 39.7 Å². The summed E-state index contributed by atoms with van der Waals surface area (Å²) in [5, 5.41) is 13.1. The Morgan fingerprint density at radius 3 is 2.79 bits per heavy atom. The van der Waals surface area contributed by atoms with Crippen LogP contribution in [0, 0.1) is 19.8 Å². The molecule has 2 N–H and O–H groups in total. The summed E-state index contributed by atoms with van der Waals surface area (Å²) in [4.78, 5) is 29.4. The van der Waals surface area contributed by atoms with E-state index in [1.807, 2.05) is 32.0 Å². The van der Waals surface area contributed by atoms with Crippen LogP contribution in [0.2, 0.25) is 0 Å². The number of carbonyl (C=O) groups is 1. The lowest BCUT2D eigenvalue weighted by molar-refractivity contribution is -0.121. The van der Waals surface area contributed by atoms with E-state index in [1.54, 1.807) is 18.6 Å². The topological polar surface area (TPSA) is 99.8 Å². The minimum atomic E-state index is -0.639. The molecular formula is C21H24BrN5O2. The predicted molar refractivity (Wildman–Crippen MR) is 116 cm³/mol. The molecule has 0 fully saturated rings. The number of amides is 1. The van der Waals surface area contributed by atoms with Crippen molar-refractivity contribution in [3.8, 4) is 0 Å². The van der Waals surface area contributed by atoms with Crippen LogP contribution < -0.4 is 5.32 Å². The number of aliphatic hydroxyl groups is 1. The molecule has 2 unspecified atom stereocenters. The van der Waals surface area contributed by atoms with E-state index < -0.39 is 6.10 Å². The van der Waals surface area contributed by atoms with E-state index in [-0.39, 0.29) is 11.8 Å². The Bertz CT molecular complexity index is 927. The van der Waals surface area contributed by atoms with Gasteiger partial charge in [0.05, 0.1) is 17.7 Å². The third kappa shape index (κ3) is 6.01. The molecule has 0 bridgehead atoms. The first kappa shape index (κ1) is 21.3. The second kappa shape index (κ2) is 9.84. The second-order valence-corrected chi connectivity index (χ2v) is 8.02. The normalized spacial score (nSPS) is 18.7. The van der Waals surface area contributed by atoms with E-state index in [0.717, 1.165) is 21.3 Å². The van der Waals surface area contributed by atoms with Gasteiger partial charge in [-0.05, 0) is 72.3 Å². The molecule has 0 spiro atoms. The van der Waals surface area contributed by atoms with E-state index in [4.69, 9.17) is 0 Å². The molecule has 7 nitrogen and oxygen atoms in total. The number of aryl methyl sites for hydroxylation is 2. The fourth-order valence-corrected chi connectivity index (χ4v) is 3.51. The Kier molecular flexibility index (Phi) is 7.22. The zero-order chi connectivity index (χ0) is 20.8. The number of guanidine groups is 1. The monoisotopic (exact) mass is 457 g/mol. The third-order valence-corrected chi connectivity index (χ3v) is 5.11. The van der Waals surface area contributed by atoms with Crippen molar-refractivity contribution >= 4 is 34.0 Å². The molecule has 3 heterocycles. The van der Waals surface area contributed by atoms with Crippen molar-refractivity contribution in [2.75, 3.05) is 6.54 Å². The molecule has 0 saturated heterocycles. The van der Waals surface area contributed by atoms with Crippen LogP contribution in [0.4, 0.5) is 0 Å². The summed E-state index contributed by atoms with van der Waals surface area (Å²) in [6.45, 7) is 4.31. The van der Waals surface area contributed by atoms with Crippen molar-refractivity contribution in [3.05, 3.63) is 57.6 Å². The van der Waals surface area contributed by atoms with Gasteiger partial charge in [-0.3, -0.25) is 25.1 Å². The third-order valence-electron chi connectivity index (χ3n) is 4.68. The maximum atomic E-state index is 12.3. The fourth-order valence-electron chi connectivity index (χ4n) is 3.07. The number of rotatable bonds is 7. The quantitative estimate of drug-likeness (QED) is 0.623. The summed E-state index contributed by atoms with van der Waals surface area (Å²) in [5.41, 5.74) is 3.56. The molecule has 2 aromatic heterocycles. The highest BCUT2D eigenvalue weighted by Crippen LogP contribution is 2.22. The van der Waals surface area contributed by atoms with Gasteiger partial charge in [0.1, 0.15) is 0 Å². The van der Waals surface area contributed by atoms with E-state index in [0.29, 0.717) is 37.5 Å². The van der Waals surface area contributed by atoms with Crippen LogP contribution in [0.3, 0.4) is 0 Å². The van der Waals surface area contributed by atoms with Gasteiger partial charge in [-0.15, -0.1) is 0 Å². The number of aromatic nitrogens is 2. The fraction of sp³-hybridized carbons (Fsp3) is 0.381. The Balaban J connectivity index is 1.49. The summed E-state index contributed by atoms with van der Waals surface area (Å²) < 4.78 is 0.889. The molecular weight excluding hydrogens is 434 g/mol. The highest BCUT2D eigenvalue weighted by atomic mass is 79.9. The standard InChI is InChI=1S/C21H24BrN5O2/c1-13-8-17(22)12-25-19(13)18(28)4-3-7-23-21-26-11-16(20(29)27-21)9-15-6-5-14(2)24-10-15/h5-6,8,10-12,16,18,28H,3-4,7,9H2,1-2H3,(H,23,27,29). The van der Waals surface area contributed by atoms with E-state index in [2.05, 4.69) is 41.2 Å². The Hall–Kier alpha value is -2.45. The number of hydrogen-bond donors (Lipinski definition) is 2. The number of aliphatic imine (C=N–C) groups is 2. The van der Waals surface area contributed by atoms with Gasteiger partial charge in [0.25, 0.3) is 0 Å². The lowest BCUT2D eigenvalue weighted by atomic mass is 10.00. The summed E-state index contributed by atoms with van der Waals surface area (Å²) >= 11 is 3.37. The van der Waals surface area contributed by atoms with E-state index >= 15 is 0 Å². The Morgan fingerprint density at radius 2 is 2.10 bits per heavy atom. The van der Waals surface area contributed by atoms with Crippen molar-refractivity contribution in [2.24, 2.45) is 15.9 Å².